The maximum Gasteiger partial charge on any atom is 0.318 e. The molecule has 1 aliphatic heterocycles. The summed E-state index contributed by atoms with van der Waals surface area (Å²) in [5.74, 6) is -0.230. The summed E-state index contributed by atoms with van der Waals surface area (Å²) in [6.07, 6.45) is 7.77. The number of hydrogen-bond donors (Lipinski definition) is 1. The lowest BCUT2D eigenvalue weighted by Crippen LogP contribution is -2.45. The Morgan fingerprint density at radius 3 is 2.71 bits per heavy atom. The molecule has 2 aliphatic rings. The number of benzene rings is 1. The van der Waals surface area contributed by atoms with E-state index in [1.807, 2.05) is 11.0 Å². The molecule has 0 bridgehead atoms. The Morgan fingerprint density at radius 2 is 1.95 bits per heavy atom. The molecule has 1 aromatic carbocycles. The van der Waals surface area contributed by atoms with Crippen LogP contribution in [0.4, 0.5) is 9.18 Å². The van der Waals surface area contributed by atoms with Gasteiger partial charge >= 0.3 is 6.03 Å². The normalized spacial score (nSPS) is 23.3. The molecule has 1 aliphatic carbocycles. The van der Waals surface area contributed by atoms with E-state index >= 15 is 0 Å². The monoisotopic (exact) mass is 290 g/mol. The van der Waals surface area contributed by atoms with Gasteiger partial charge in [-0.25, -0.2) is 9.18 Å². The fourth-order valence-corrected chi connectivity index (χ4v) is 3.57. The smallest absolute Gasteiger partial charge is 0.318 e. The number of nitrogens with zero attached hydrogens (tertiary/aromatic N) is 1. The molecule has 114 valence electrons. The van der Waals surface area contributed by atoms with Gasteiger partial charge in [-0.1, -0.05) is 31.4 Å². The van der Waals surface area contributed by atoms with Gasteiger partial charge in [0.25, 0.3) is 0 Å². The number of amides is 2. The Kier molecular flexibility index (Phi) is 4.42. The molecular formula is C17H23FN2O. The number of rotatable bonds is 2. The Balaban J connectivity index is 1.67. The van der Waals surface area contributed by atoms with Crippen LogP contribution < -0.4 is 5.32 Å². The van der Waals surface area contributed by atoms with Gasteiger partial charge in [0, 0.05) is 12.6 Å². The standard InChI is InChI=1S/C17H23FN2O/c18-14-7-4-6-13(12-14)16-10-5-11-20(16)17(21)19-15-8-2-1-3-9-15/h4,6-7,12,15-16H,1-3,5,8-11H2,(H,19,21). The molecule has 4 heteroatoms. The Bertz CT molecular complexity index is 499. The predicted octanol–water partition coefficient (Wildman–Crippen LogP) is 4.00. The van der Waals surface area contributed by atoms with Crippen LogP contribution in [-0.2, 0) is 0 Å². The summed E-state index contributed by atoms with van der Waals surface area (Å²) in [5.41, 5.74) is 0.909. The first-order valence-corrected chi connectivity index (χ1v) is 8.06. The fraction of sp³-hybridized carbons (Fsp3) is 0.588. The average Bonchev–Trinajstić information content (AvgIpc) is 2.98. The topological polar surface area (TPSA) is 32.3 Å². The first-order valence-electron chi connectivity index (χ1n) is 8.06. The van der Waals surface area contributed by atoms with Crippen LogP contribution in [0.1, 0.15) is 56.6 Å². The molecule has 21 heavy (non-hydrogen) atoms. The Morgan fingerprint density at radius 1 is 1.14 bits per heavy atom. The zero-order valence-corrected chi connectivity index (χ0v) is 12.4. The molecule has 1 unspecified atom stereocenters. The van der Waals surface area contributed by atoms with Crippen molar-refractivity contribution in [1.82, 2.24) is 10.2 Å². The third-order valence-corrected chi connectivity index (χ3v) is 4.68. The van der Waals surface area contributed by atoms with Crippen molar-refractivity contribution in [2.75, 3.05) is 6.54 Å². The van der Waals surface area contributed by atoms with Gasteiger partial charge in [0.2, 0.25) is 0 Å². The molecule has 3 nitrogen and oxygen atoms in total. The molecule has 2 fully saturated rings. The number of nitrogens with one attached hydrogen (secondary N) is 1. The highest BCUT2D eigenvalue weighted by Gasteiger charge is 2.31. The molecule has 1 N–H and O–H groups in total. The number of halogens is 1. The molecule has 0 radical (unpaired) electrons. The number of urea groups is 1. The minimum atomic E-state index is -0.230. The van der Waals surface area contributed by atoms with E-state index in [4.69, 9.17) is 0 Å². The van der Waals surface area contributed by atoms with E-state index < -0.39 is 0 Å². The van der Waals surface area contributed by atoms with Crippen LogP contribution in [0, 0.1) is 5.82 Å². The zero-order valence-electron chi connectivity index (χ0n) is 12.4. The second-order valence-electron chi connectivity index (χ2n) is 6.19. The van der Waals surface area contributed by atoms with E-state index in [-0.39, 0.29) is 17.9 Å². The maximum atomic E-state index is 13.4. The van der Waals surface area contributed by atoms with E-state index in [0.717, 1.165) is 37.8 Å². The van der Waals surface area contributed by atoms with Gasteiger partial charge in [0.15, 0.2) is 0 Å². The largest absolute Gasteiger partial charge is 0.335 e. The van der Waals surface area contributed by atoms with Crippen molar-refractivity contribution in [2.24, 2.45) is 0 Å². The van der Waals surface area contributed by atoms with Gasteiger partial charge < -0.3 is 10.2 Å². The highest BCUT2D eigenvalue weighted by atomic mass is 19.1. The zero-order chi connectivity index (χ0) is 14.7. The van der Waals surface area contributed by atoms with E-state index in [2.05, 4.69) is 5.32 Å². The van der Waals surface area contributed by atoms with Gasteiger partial charge in [0.1, 0.15) is 5.82 Å². The van der Waals surface area contributed by atoms with Gasteiger partial charge in [-0.2, -0.15) is 0 Å². The van der Waals surface area contributed by atoms with Crippen LogP contribution in [0.15, 0.2) is 24.3 Å². The molecule has 1 atom stereocenters. The molecule has 2 amide bonds. The quantitative estimate of drug-likeness (QED) is 0.877. The van der Waals surface area contributed by atoms with Crippen molar-refractivity contribution in [3.8, 4) is 0 Å². The van der Waals surface area contributed by atoms with E-state index in [0.29, 0.717) is 6.04 Å². The van der Waals surface area contributed by atoms with Crippen LogP contribution in [0.5, 0.6) is 0 Å². The summed E-state index contributed by atoms with van der Waals surface area (Å²) in [6.45, 7) is 0.764. The van der Waals surface area contributed by atoms with Gasteiger partial charge in [-0.3, -0.25) is 0 Å². The first-order chi connectivity index (χ1) is 10.2. The summed E-state index contributed by atoms with van der Waals surface area (Å²) in [5, 5.41) is 3.17. The van der Waals surface area contributed by atoms with Crippen molar-refractivity contribution < 1.29 is 9.18 Å². The number of carbonyl (C=O) groups excluding carboxylic acids is 1. The minimum absolute atomic E-state index is 0.0179. The molecule has 1 saturated heterocycles. The Labute approximate surface area is 125 Å². The van der Waals surface area contributed by atoms with Gasteiger partial charge in [-0.15, -0.1) is 0 Å². The highest BCUT2D eigenvalue weighted by molar-refractivity contribution is 5.75. The molecule has 0 aromatic heterocycles. The third-order valence-electron chi connectivity index (χ3n) is 4.68. The molecular weight excluding hydrogens is 267 g/mol. The predicted molar refractivity (Wildman–Crippen MR) is 80.5 cm³/mol. The van der Waals surface area contributed by atoms with Crippen LogP contribution in [0.25, 0.3) is 0 Å². The van der Waals surface area contributed by atoms with Gasteiger partial charge in [0.05, 0.1) is 6.04 Å². The van der Waals surface area contributed by atoms with Crippen molar-refractivity contribution in [3.05, 3.63) is 35.6 Å². The fourth-order valence-electron chi connectivity index (χ4n) is 3.57. The van der Waals surface area contributed by atoms with Crippen molar-refractivity contribution in [1.29, 1.82) is 0 Å². The van der Waals surface area contributed by atoms with E-state index in [9.17, 15) is 9.18 Å². The number of carbonyl (C=O) groups is 1. The maximum absolute atomic E-state index is 13.4. The highest BCUT2D eigenvalue weighted by Crippen LogP contribution is 2.32. The van der Waals surface area contributed by atoms with Crippen LogP contribution in [0.3, 0.4) is 0 Å². The molecule has 1 heterocycles. The lowest BCUT2D eigenvalue weighted by Gasteiger charge is -2.29. The van der Waals surface area contributed by atoms with Crippen molar-refractivity contribution in [3.63, 3.8) is 0 Å². The van der Waals surface area contributed by atoms with Crippen LogP contribution in [-0.4, -0.2) is 23.5 Å². The number of hydrogen-bond acceptors (Lipinski definition) is 1. The lowest BCUT2D eigenvalue weighted by molar-refractivity contribution is 0.185. The van der Waals surface area contributed by atoms with Crippen LogP contribution >= 0.6 is 0 Å². The second-order valence-corrected chi connectivity index (χ2v) is 6.19. The second kappa shape index (κ2) is 6.46. The third kappa shape index (κ3) is 3.36. The molecule has 1 saturated carbocycles. The van der Waals surface area contributed by atoms with Crippen LogP contribution in [0.2, 0.25) is 0 Å². The molecule has 3 rings (SSSR count). The molecule has 1 aromatic rings. The van der Waals surface area contributed by atoms with Gasteiger partial charge in [-0.05, 0) is 43.4 Å². The summed E-state index contributed by atoms with van der Waals surface area (Å²) >= 11 is 0. The van der Waals surface area contributed by atoms with E-state index in [1.54, 1.807) is 12.1 Å². The number of likely N-dealkylation sites (tertiary alicyclic amines) is 1. The first kappa shape index (κ1) is 14.4. The van der Waals surface area contributed by atoms with E-state index in [1.165, 1.54) is 25.3 Å². The summed E-state index contributed by atoms with van der Waals surface area (Å²) in [7, 11) is 0. The summed E-state index contributed by atoms with van der Waals surface area (Å²) < 4.78 is 13.4. The minimum Gasteiger partial charge on any atom is -0.335 e. The Hall–Kier alpha value is -1.58. The van der Waals surface area contributed by atoms with Crippen molar-refractivity contribution in [2.45, 2.75) is 57.0 Å². The van der Waals surface area contributed by atoms with Crippen molar-refractivity contribution >= 4 is 6.03 Å². The lowest BCUT2D eigenvalue weighted by atomic mass is 9.96. The SMILES string of the molecule is O=C(NC1CCCCC1)N1CCCC1c1cccc(F)c1. The summed E-state index contributed by atoms with van der Waals surface area (Å²) in [6, 6.07) is 7.00. The molecule has 0 spiro atoms. The average molecular weight is 290 g/mol. The summed E-state index contributed by atoms with van der Waals surface area (Å²) in [4.78, 5) is 14.4.